The number of rotatable bonds is 4. The average Bonchev–Trinajstić information content (AvgIpc) is 3.19. The van der Waals surface area contributed by atoms with Crippen molar-refractivity contribution in [3.63, 3.8) is 0 Å². The Hall–Kier alpha value is -2.32. The molecule has 2 aromatic heterocycles. The zero-order chi connectivity index (χ0) is 14.7. The van der Waals surface area contributed by atoms with Crippen molar-refractivity contribution in [3.8, 4) is 16.3 Å². The summed E-state index contributed by atoms with van der Waals surface area (Å²) < 4.78 is 5.11. The fourth-order valence-corrected chi connectivity index (χ4v) is 2.89. The summed E-state index contributed by atoms with van der Waals surface area (Å²) in [7, 11) is 1.62. The molecule has 2 heterocycles. The molecular formula is C13H10N4O2S2. The normalized spacial score (nSPS) is 10.3. The Balaban J connectivity index is 1.75. The van der Waals surface area contributed by atoms with Crippen molar-refractivity contribution in [2.75, 3.05) is 12.4 Å². The zero-order valence-electron chi connectivity index (χ0n) is 10.9. The lowest BCUT2D eigenvalue weighted by molar-refractivity contribution is 0.102. The van der Waals surface area contributed by atoms with E-state index in [9.17, 15) is 4.79 Å². The highest BCUT2D eigenvalue weighted by molar-refractivity contribution is 7.18. The van der Waals surface area contributed by atoms with Gasteiger partial charge in [0, 0.05) is 10.9 Å². The minimum atomic E-state index is -0.284. The largest absolute Gasteiger partial charge is 0.497 e. The van der Waals surface area contributed by atoms with Crippen LogP contribution in [0.2, 0.25) is 0 Å². The van der Waals surface area contributed by atoms with Crippen molar-refractivity contribution in [1.82, 2.24) is 15.2 Å². The fraction of sp³-hybridized carbons (Fsp3) is 0.0769. The van der Waals surface area contributed by atoms with Crippen molar-refractivity contribution in [1.29, 1.82) is 0 Å². The molecule has 0 saturated carbocycles. The summed E-state index contributed by atoms with van der Waals surface area (Å²) in [6.45, 7) is 0. The van der Waals surface area contributed by atoms with E-state index in [0.29, 0.717) is 10.8 Å². The molecule has 6 nitrogen and oxygen atoms in total. The Morgan fingerprint density at radius 3 is 2.71 bits per heavy atom. The molecule has 0 saturated heterocycles. The van der Waals surface area contributed by atoms with Crippen LogP contribution < -0.4 is 10.1 Å². The highest BCUT2D eigenvalue weighted by atomic mass is 32.1. The van der Waals surface area contributed by atoms with Gasteiger partial charge in [0.1, 0.15) is 16.5 Å². The lowest BCUT2D eigenvalue weighted by Crippen LogP contribution is -2.11. The number of carbonyl (C=O) groups is 1. The van der Waals surface area contributed by atoms with Gasteiger partial charge in [-0.15, -0.1) is 21.5 Å². The quantitative estimate of drug-likeness (QED) is 0.800. The second-order valence-corrected chi connectivity index (χ2v) is 5.66. The smallest absolute Gasteiger partial charge is 0.276 e. The number of hydrogen-bond acceptors (Lipinski definition) is 7. The number of anilines is 1. The molecule has 3 aromatic rings. The first-order valence-corrected chi connectivity index (χ1v) is 7.69. The van der Waals surface area contributed by atoms with Crippen LogP contribution in [0.5, 0.6) is 5.75 Å². The summed E-state index contributed by atoms with van der Waals surface area (Å²) in [5.41, 5.74) is 2.90. The summed E-state index contributed by atoms with van der Waals surface area (Å²) in [5.74, 6) is 0.494. The van der Waals surface area contributed by atoms with E-state index in [-0.39, 0.29) is 5.91 Å². The third-order valence-electron chi connectivity index (χ3n) is 2.65. The van der Waals surface area contributed by atoms with Gasteiger partial charge < -0.3 is 4.74 Å². The number of aromatic nitrogens is 3. The first-order valence-electron chi connectivity index (χ1n) is 5.94. The molecule has 1 N–H and O–H groups in total. The minimum absolute atomic E-state index is 0.284. The average molecular weight is 318 g/mol. The number of nitrogens with zero attached hydrogens (tertiary/aromatic N) is 3. The van der Waals surface area contributed by atoms with Gasteiger partial charge in [0.2, 0.25) is 5.13 Å². The molecule has 3 rings (SSSR count). The molecule has 1 aromatic carbocycles. The number of methoxy groups -OCH3 is 1. The molecule has 0 aliphatic heterocycles. The van der Waals surface area contributed by atoms with E-state index in [1.807, 2.05) is 24.3 Å². The Labute approximate surface area is 128 Å². The summed E-state index contributed by atoms with van der Waals surface area (Å²) in [6, 6.07) is 7.49. The second-order valence-electron chi connectivity index (χ2n) is 3.97. The third kappa shape index (κ3) is 3.06. The van der Waals surface area contributed by atoms with E-state index in [1.54, 1.807) is 18.0 Å². The van der Waals surface area contributed by atoms with Gasteiger partial charge in [-0.05, 0) is 24.3 Å². The number of thiazole rings is 1. The maximum atomic E-state index is 11.9. The van der Waals surface area contributed by atoms with Gasteiger partial charge in [0.15, 0.2) is 0 Å². The maximum absolute atomic E-state index is 11.9. The fourth-order valence-electron chi connectivity index (χ4n) is 1.61. The van der Waals surface area contributed by atoms with Crippen LogP contribution in [0.4, 0.5) is 5.13 Å². The topological polar surface area (TPSA) is 77.0 Å². The van der Waals surface area contributed by atoms with Crippen LogP contribution in [0.3, 0.4) is 0 Å². The van der Waals surface area contributed by atoms with Gasteiger partial charge >= 0.3 is 0 Å². The first-order chi connectivity index (χ1) is 10.3. The van der Waals surface area contributed by atoms with Crippen LogP contribution in [0.15, 0.2) is 35.2 Å². The molecule has 0 aliphatic rings. The lowest BCUT2D eigenvalue weighted by atomic mass is 10.2. The standard InChI is InChI=1S/C13H10N4O2S2/c1-19-9-4-2-8(3-5-9)12-16-17-13(21-12)15-11(18)10-6-20-7-14-10/h2-7H,1H3,(H,15,17,18). The van der Waals surface area contributed by atoms with E-state index in [1.165, 1.54) is 22.7 Å². The minimum Gasteiger partial charge on any atom is -0.497 e. The Bertz CT molecular complexity index is 738. The molecule has 0 fully saturated rings. The number of ether oxygens (including phenoxy) is 1. The summed E-state index contributed by atoms with van der Waals surface area (Å²) in [5, 5.41) is 13.6. The molecule has 21 heavy (non-hydrogen) atoms. The van der Waals surface area contributed by atoms with Crippen LogP contribution in [-0.2, 0) is 0 Å². The predicted octanol–water partition coefficient (Wildman–Crippen LogP) is 2.92. The van der Waals surface area contributed by atoms with Crippen LogP contribution in [0, 0.1) is 0 Å². The first kappa shape index (κ1) is 13.7. The van der Waals surface area contributed by atoms with Crippen molar-refractivity contribution in [2.45, 2.75) is 0 Å². The van der Waals surface area contributed by atoms with Crippen molar-refractivity contribution >= 4 is 33.7 Å². The van der Waals surface area contributed by atoms with E-state index >= 15 is 0 Å². The van der Waals surface area contributed by atoms with Gasteiger partial charge in [-0.3, -0.25) is 10.1 Å². The van der Waals surface area contributed by atoms with E-state index in [2.05, 4.69) is 20.5 Å². The van der Waals surface area contributed by atoms with Gasteiger partial charge in [0.05, 0.1) is 12.6 Å². The van der Waals surface area contributed by atoms with Crippen LogP contribution in [0.25, 0.3) is 10.6 Å². The summed E-state index contributed by atoms with van der Waals surface area (Å²) in [6.07, 6.45) is 0. The molecule has 0 spiro atoms. The van der Waals surface area contributed by atoms with Gasteiger partial charge in [0.25, 0.3) is 5.91 Å². The molecule has 106 valence electrons. The van der Waals surface area contributed by atoms with E-state index < -0.39 is 0 Å². The third-order valence-corrected chi connectivity index (χ3v) is 4.12. The second kappa shape index (κ2) is 5.98. The Morgan fingerprint density at radius 2 is 2.05 bits per heavy atom. The summed E-state index contributed by atoms with van der Waals surface area (Å²) >= 11 is 2.67. The molecular weight excluding hydrogens is 308 g/mol. The van der Waals surface area contributed by atoms with Crippen molar-refractivity contribution in [2.24, 2.45) is 0 Å². The van der Waals surface area contributed by atoms with E-state index in [0.717, 1.165) is 16.3 Å². The van der Waals surface area contributed by atoms with Gasteiger partial charge in [-0.1, -0.05) is 11.3 Å². The summed E-state index contributed by atoms with van der Waals surface area (Å²) in [4.78, 5) is 15.8. The van der Waals surface area contributed by atoms with Crippen molar-refractivity contribution < 1.29 is 9.53 Å². The molecule has 0 aliphatic carbocycles. The van der Waals surface area contributed by atoms with Gasteiger partial charge in [-0.25, -0.2) is 4.98 Å². The Kier molecular flexibility index (Phi) is 3.89. The number of nitrogens with one attached hydrogen (secondary N) is 1. The number of amides is 1. The number of benzene rings is 1. The maximum Gasteiger partial charge on any atom is 0.276 e. The van der Waals surface area contributed by atoms with Crippen LogP contribution in [-0.4, -0.2) is 28.2 Å². The molecule has 0 atom stereocenters. The number of hydrogen-bond donors (Lipinski definition) is 1. The van der Waals surface area contributed by atoms with Crippen LogP contribution in [0.1, 0.15) is 10.5 Å². The highest BCUT2D eigenvalue weighted by Crippen LogP contribution is 2.27. The molecule has 0 radical (unpaired) electrons. The van der Waals surface area contributed by atoms with E-state index in [4.69, 9.17) is 4.74 Å². The Morgan fingerprint density at radius 1 is 1.24 bits per heavy atom. The zero-order valence-corrected chi connectivity index (χ0v) is 12.6. The highest BCUT2D eigenvalue weighted by Gasteiger charge is 2.12. The van der Waals surface area contributed by atoms with Crippen LogP contribution >= 0.6 is 22.7 Å². The molecule has 0 bridgehead atoms. The molecule has 1 amide bonds. The van der Waals surface area contributed by atoms with Crippen molar-refractivity contribution in [3.05, 3.63) is 40.8 Å². The number of carbonyl (C=O) groups excluding carboxylic acids is 1. The lowest BCUT2D eigenvalue weighted by Gasteiger charge is -1.99. The predicted molar refractivity (Wildman–Crippen MR) is 82.0 cm³/mol. The van der Waals surface area contributed by atoms with Gasteiger partial charge in [-0.2, -0.15) is 0 Å². The SMILES string of the molecule is COc1ccc(-c2nnc(NC(=O)c3cscn3)s2)cc1. The molecule has 0 unspecified atom stereocenters. The monoisotopic (exact) mass is 318 g/mol. The molecule has 8 heteroatoms.